The van der Waals surface area contributed by atoms with E-state index < -0.39 is 23.8 Å². The largest absolute Gasteiger partial charge is 0.496 e. The number of carbonyl (C=O) groups excluding carboxylic acids is 1. The van der Waals surface area contributed by atoms with Gasteiger partial charge in [-0.2, -0.15) is 13.2 Å². The molecule has 3 aromatic rings. The van der Waals surface area contributed by atoms with Gasteiger partial charge in [0.15, 0.2) is 0 Å². The minimum Gasteiger partial charge on any atom is -0.496 e. The molecule has 35 heavy (non-hydrogen) atoms. The molecule has 6 nitrogen and oxygen atoms in total. The van der Waals surface area contributed by atoms with Gasteiger partial charge in [-0.25, -0.2) is 4.79 Å². The number of aliphatic carboxylic acids is 1. The normalized spacial score (nSPS) is 11.1. The maximum atomic E-state index is 13.4. The van der Waals surface area contributed by atoms with Gasteiger partial charge >= 0.3 is 18.2 Å². The lowest BCUT2D eigenvalue weighted by atomic mass is 9.94. The fraction of sp³-hybridized carbons (Fsp3) is 0.200. The number of hydrogen-bond donors (Lipinski definition) is 2. The number of carbonyl (C=O) groups is 2. The molecule has 3 aromatic carbocycles. The van der Waals surface area contributed by atoms with Crippen molar-refractivity contribution in [2.75, 3.05) is 7.11 Å². The summed E-state index contributed by atoms with van der Waals surface area (Å²) < 4.78 is 50.6. The van der Waals surface area contributed by atoms with Crippen LogP contribution < -0.4 is 10.1 Å². The van der Waals surface area contributed by atoms with Crippen molar-refractivity contribution in [1.29, 1.82) is 0 Å². The van der Waals surface area contributed by atoms with Crippen molar-refractivity contribution in [1.82, 2.24) is 5.32 Å². The molecule has 0 bridgehead atoms. The first kappa shape index (κ1) is 25.9. The van der Waals surface area contributed by atoms with Crippen LogP contribution in [-0.4, -0.2) is 24.3 Å². The number of halogens is 4. The van der Waals surface area contributed by atoms with Gasteiger partial charge in [0.2, 0.25) is 0 Å². The average molecular weight is 508 g/mol. The number of amides is 1. The SMILES string of the molecule is COc1ccc(CC(=O)O)cc1-c1ccc(C(F)(F)F)cc1CNC(=O)OCc1ccc(Cl)cc1. The molecule has 0 radical (unpaired) electrons. The highest BCUT2D eigenvalue weighted by atomic mass is 35.5. The summed E-state index contributed by atoms with van der Waals surface area (Å²) in [5.41, 5.74) is 1.12. The number of methoxy groups -OCH3 is 1. The summed E-state index contributed by atoms with van der Waals surface area (Å²) in [7, 11) is 1.39. The standard InChI is InChI=1S/C25H21ClF3NO5/c1-34-22-9-4-16(11-23(31)32)10-21(22)20-8-5-18(25(27,28)29)12-17(20)13-30-24(33)35-14-15-2-6-19(26)7-3-15/h2-10,12H,11,13-14H2,1H3,(H,30,33)(H,31,32). The zero-order valence-corrected chi connectivity index (χ0v) is 19.2. The minimum absolute atomic E-state index is 0.0521. The van der Waals surface area contributed by atoms with E-state index in [1.165, 1.54) is 19.2 Å². The number of ether oxygens (including phenoxy) is 2. The highest BCUT2D eigenvalue weighted by Crippen LogP contribution is 2.37. The third kappa shape index (κ3) is 7.13. The van der Waals surface area contributed by atoms with E-state index in [0.717, 1.165) is 12.1 Å². The van der Waals surface area contributed by atoms with E-state index in [1.54, 1.807) is 36.4 Å². The molecule has 0 aliphatic carbocycles. The first-order chi connectivity index (χ1) is 16.6. The number of alkyl carbamates (subject to hydrolysis) is 1. The first-order valence-corrected chi connectivity index (χ1v) is 10.7. The Hall–Kier alpha value is -3.72. The predicted molar refractivity (Wildman–Crippen MR) is 123 cm³/mol. The van der Waals surface area contributed by atoms with Gasteiger partial charge in [0.25, 0.3) is 0 Å². The molecule has 0 aliphatic heterocycles. The summed E-state index contributed by atoms with van der Waals surface area (Å²) in [5, 5.41) is 12.1. The van der Waals surface area contributed by atoms with Crippen LogP contribution in [0.4, 0.5) is 18.0 Å². The highest BCUT2D eigenvalue weighted by molar-refractivity contribution is 6.30. The first-order valence-electron chi connectivity index (χ1n) is 10.3. The molecule has 0 saturated heterocycles. The molecular formula is C25H21ClF3NO5. The lowest BCUT2D eigenvalue weighted by molar-refractivity contribution is -0.138. The second kappa shape index (κ2) is 11.1. The monoisotopic (exact) mass is 507 g/mol. The molecule has 2 N–H and O–H groups in total. The average Bonchev–Trinajstić information content (AvgIpc) is 2.81. The van der Waals surface area contributed by atoms with Crippen LogP contribution in [0.2, 0.25) is 5.02 Å². The van der Waals surface area contributed by atoms with E-state index in [1.807, 2.05) is 0 Å². The van der Waals surface area contributed by atoms with Crippen LogP contribution in [-0.2, 0) is 35.3 Å². The Labute approximate surface area is 204 Å². The Kier molecular flexibility index (Phi) is 8.24. The van der Waals surface area contributed by atoms with Crippen LogP contribution in [0.5, 0.6) is 5.75 Å². The molecule has 0 spiro atoms. The number of rotatable bonds is 8. The maximum absolute atomic E-state index is 13.4. The molecule has 3 rings (SSSR count). The summed E-state index contributed by atoms with van der Waals surface area (Å²) >= 11 is 5.82. The number of carboxylic acid groups (broad SMARTS) is 1. The van der Waals surface area contributed by atoms with Gasteiger partial charge in [0.05, 0.1) is 19.1 Å². The number of nitrogens with one attached hydrogen (secondary N) is 1. The van der Waals surface area contributed by atoms with Gasteiger partial charge in [-0.05, 0) is 58.7 Å². The predicted octanol–water partition coefficient (Wildman–Crippen LogP) is 6.09. The van der Waals surface area contributed by atoms with Gasteiger partial charge in [0.1, 0.15) is 12.4 Å². The Morgan fingerprint density at radius 1 is 0.971 bits per heavy atom. The molecule has 0 saturated carbocycles. The lowest BCUT2D eigenvalue weighted by Crippen LogP contribution is -2.24. The number of carboxylic acids is 1. The zero-order valence-electron chi connectivity index (χ0n) is 18.5. The zero-order chi connectivity index (χ0) is 25.6. The van der Waals surface area contributed by atoms with Crippen LogP contribution in [0.25, 0.3) is 11.1 Å². The molecule has 184 valence electrons. The second-order valence-electron chi connectivity index (χ2n) is 7.53. The minimum atomic E-state index is -4.60. The Morgan fingerprint density at radius 3 is 2.29 bits per heavy atom. The van der Waals surface area contributed by atoms with Gasteiger partial charge in [0, 0.05) is 17.1 Å². The topological polar surface area (TPSA) is 84.9 Å². The molecule has 0 atom stereocenters. The van der Waals surface area contributed by atoms with Crippen molar-refractivity contribution in [3.8, 4) is 16.9 Å². The van der Waals surface area contributed by atoms with E-state index in [0.29, 0.717) is 33.0 Å². The van der Waals surface area contributed by atoms with Crippen LogP contribution >= 0.6 is 11.6 Å². The van der Waals surface area contributed by atoms with Crippen molar-refractivity contribution in [3.63, 3.8) is 0 Å². The molecule has 10 heteroatoms. The molecule has 0 heterocycles. The fourth-order valence-corrected chi connectivity index (χ4v) is 3.50. The fourth-order valence-electron chi connectivity index (χ4n) is 3.38. The van der Waals surface area contributed by atoms with Gasteiger partial charge in [-0.3, -0.25) is 4.79 Å². The Balaban J connectivity index is 1.87. The van der Waals surface area contributed by atoms with Crippen LogP contribution in [0.1, 0.15) is 22.3 Å². The van der Waals surface area contributed by atoms with Crippen molar-refractivity contribution in [2.24, 2.45) is 0 Å². The summed E-state index contributed by atoms with van der Waals surface area (Å²) in [6, 6.07) is 14.4. The molecule has 0 aromatic heterocycles. The van der Waals surface area contributed by atoms with Crippen LogP contribution in [0.15, 0.2) is 60.7 Å². The van der Waals surface area contributed by atoms with Gasteiger partial charge in [-0.1, -0.05) is 35.9 Å². The Bertz CT molecular complexity index is 1210. The molecule has 1 amide bonds. The van der Waals surface area contributed by atoms with E-state index in [4.69, 9.17) is 26.2 Å². The summed E-state index contributed by atoms with van der Waals surface area (Å²) in [6.07, 6.45) is -5.70. The third-order valence-electron chi connectivity index (χ3n) is 5.05. The van der Waals surface area contributed by atoms with E-state index in [-0.39, 0.29) is 25.1 Å². The van der Waals surface area contributed by atoms with Gasteiger partial charge < -0.3 is 19.9 Å². The molecular weight excluding hydrogens is 487 g/mol. The second-order valence-corrected chi connectivity index (χ2v) is 7.97. The van der Waals surface area contributed by atoms with Crippen molar-refractivity contribution < 1.29 is 37.3 Å². The van der Waals surface area contributed by atoms with E-state index in [2.05, 4.69) is 5.32 Å². The quantitative estimate of drug-likeness (QED) is 0.385. The van der Waals surface area contributed by atoms with Crippen LogP contribution in [0, 0.1) is 0 Å². The Morgan fingerprint density at radius 2 is 1.66 bits per heavy atom. The summed E-state index contributed by atoms with van der Waals surface area (Å²) in [5.74, 6) is -0.718. The van der Waals surface area contributed by atoms with Crippen molar-refractivity contribution in [2.45, 2.75) is 25.7 Å². The highest BCUT2D eigenvalue weighted by Gasteiger charge is 2.31. The molecule has 0 fully saturated rings. The summed E-state index contributed by atoms with van der Waals surface area (Å²) in [4.78, 5) is 23.3. The maximum Gasteiger partial charge on any atom is 0.416 e. The lowest BCUT2D eigenvalue weighted by Gasteiger charge is -2.17. The van der Waals surface area contributed by atoms with Crippen molar-refractivity contribution >= 4 is 23.7 Å². The third-order valence-corrected chi connectivity index (χ3v) is 5.30. The molecule has 0 unspecified atom stereocenters. The van der Waals surface area contributed by atoms with Crippen LogP contribution in [0.3, 0.4) is 0 Å². The number of alkyl halides is 3. The summed E-state index contributed by atoms with van der Waals surface area (Å²) in [6.45, 7) is -0.325. The number of hydrogen-bond acceptors (Lipinski definition) is 4. The van der Waals surface area contributed by atoms with E-state index >= 15 is 0 Å². The van der Waals surface area contributed by atoms with E-state index in [9.17, 15) is 22.8 Å². The molecule has 0 aliphatic rings. The van der Waals surface area contributed by atoms with Gasteiger partial charge in [-0.15, -0.1) is 0 Å². The van der Waals surface area contributed by atoms with Crippen molar-refractivity contribution in [3.05, 3.63) is 87.9 Å². The smallest absolute Gasteiger partial charge is 0.416 e. The number of benzene rings is 3.